The molecule has 0 aromatic carbocycles. The quantitative estimate of drug-likeness (QED) is 0.432. The number of nitrogen functional groups attached to an aromatic ring is 1. The van der Waals surface area contributed by atoms with E-state index in [1.807, 2.05) is 0 Å². The number of imidazole rings is 1. The van der Waals surface area contributed by atoms with Crippen LogP contribution in [0, 0.1) is 0 Å². The summed E-state index contributed by atoms with van der Waals surface area (Å²) in [5.41, 5.74) is 3.48. The summed E-state index contributed by atoms with van der Waals surface area (Å²) in [5.74, 6) is -7.47. The number of hydrogen-bond donors (Lipinski definition) is 1. The van der Waals surface area contributed by atoms with Crippen molar-refractivity contribution in [2.24, 2.45) is 0 Å². The van der Waals surface area contributed by atoms with Crippen LogP contribution in [0.4, 0.5) is 32.3 Å². The fourth-order valence-corrected chi connectivity index (χ4v) is 3.34. The number of nitrogens with two attached hydrogens (primary N) is 1. The van der Waals surface area contributed by atoms with Gasteiger partial charge in [-0.2, -0.15) is 26.9 Å². The van der Waals surface area contributed by atoms with Gasteiger partial charge in [0.25, 0.3) is 0 Å². The molecule has 2 aromatic heterocycles. The largest absolute Gasteiger partial charge is 0.454 e. The number of carbonyl (C=O) groups is 2. The molecule has 17 heteroatoms. The molecule has 1 aliphatic heterocycles. The van der Waals surface area contributed by atoms with Crippen molar-refractivity contribution in [2.45, 2.75) is 70.1 Å². The van der Waals surface area contributed by atoms with Gasteiger partial charge in [0.1, 0.15) is 5.52 Å². The number of nitrogens with zero attached hydrogens (tertiary/aromatic N) is 4. The molecule has 1 aliphatic rings. The maximum Gasteiger partial charge on any atom is 0.453 e. The van der Waals surface area contributed by atoms with Crippen molar-refractivity contribution in [3.8, 4) is 0 Å². The molecule has 11 nitrogen and oxygen atoms in total. The number of ether oxygens (including phenoxy) is 3. The zero-order valence-corrected chi connectivity index (χ0v) is 18.1. The molecule has 194 valence electrons. The topological polar surface area (TPSA) is 141 Å². The van der Waals surface area contributed by atoms with E-state index in [2.05, 4.69) is 9.97 Å². The predicted octanol–water partition coefficient (Wildman–Crippen LogP) is 1.84. The van der Waals surface area contributed by atoms with Crippen molar-refractivity contribution >= 4 is 29.1 Å². The average Bonchev–Trinajstić information content (AvgIpc) is 3.18. The smallest absolute Gasteiger partial charge is 0.453 e. The number of aromatic nitrogens is 4. The highest BCUT2D eigenvalue weighted by Crippen LogP contribution is 2.39. The minimum Gasteiger partial charge on any atom is -0.454 e. The Kier molecular flexibility index (Phi) is 7.01. The summed E-state index contributed by atoms with van der Waals surface area (Å²) in [6.45, 7) is 1.17. The second-order valence-electron chi connectivity index (χ2n) is 7.45. The van der Waals surface area contributed by atoms with E-state index in [9.17, 15) is 36.3 Å². The lowest BCUT2D eigenvalue weighted by Gasteiger charge is -2.20. The van der Waals surface area contributed by atoms with Crippen LogP contribution in [0.1, 0.15) is 32.9 Å². The van der Waals surface area contributed by atoms with E-state index in [4.69, 9.17) is 19.9 Å². The summed E-state index contributed by atoms with van der Waals surface area (Å²) in [4.78, 5) is 43.7. The van der Waals surface area contributed by atoms with E-state index in [1.165, 1.54) is 6.92 Å². The average molecular weight is 515 g/mol. The van der Waals surface area contributed by atoms with Gasteiger partial charge < -0.3 is 19.9 Å². The van der Waals surface area contributed by atoms with Crippen molar-refractivity contribution in [1.82, 2.24) is 19.1 Å². The highest BCUT2D eigenvalue weighted by molar-refractivity contribution is 5.72. The molecular weight excluding hydrogens is 496 g/mol. The fourth-order valence-electron chi connectivity index (χ4n) is 3.34. The molecule has 0 unspecified atom stereocenters. The molecule has 3 heterocycles. The van der Waals surface area contributed by atoms with E-state index in [0.717, 1.165) is 13.1 Å². The number of aryl methyl sites for hydroxylation is 1. The van der Waals surface area contributed by atoms with Crippen LogP contribution < -0.4 is 11.4 Å². The fraction of sp³-hybridized carbons (Fsp3) is 0.611. The lowest BCUT2D eigenvalue weighted by Crippen LogP contribution is -2.39. The first-order valence-electron chi connectivity index (χ1n) is 10.0. The molecular formula is C18H19F6N5O6. The number of rotatable bonds is 7. The molecule has 0 spiro atoms. The van der Waals surface area contributed by atoms with Crippen molar-refractivity contribution in [2.75, 3.05) is 5.73 Å². The first-order chi connectivity index (χ1) is 16.2. The standard InChI is InChI=1S/C18H19F6N5O6/c1-3-9(31)34-14-10(19)11(33-7(2)30)13(35-14)29-12-8(6-26-15(25)27-12)28(16(29)32)5-4-17(20,21)18(22,23)24/h6,10-11,13-14H,3-5H2,1-2H3,(H2,25,26,27)/t10-,11-,13-,14+/m1/s1. The number of alkyl halides is 6. The molecule has 1 saturated heterocycles. The molecule has 0 bridgehead atoms. The number of halogens is 6. The minimum absolute atomic E-state index is 0.175. The van der Waals surface area contributed by atoms with E-state index >= 15 is 4.39 Å². The van der Waals surface area contributed by atoms with Crippen LogP contribution in [-0.4, -0.2) is 61.7 Å². The molecule has 3 rings (SSSR count). The third-order valence-corrected chi connectivity index (χ3v) is 5.01. The highest BCUT2D eigenvalue weighted by Gasteiger charge is 2.57. The van der Waals surface area contributed by atoms with Crippen LogP contribution in [-0.2, 0) is 30.3 Å². The summed E-state index contributed by atoms with van der Waals surface area (Å²) in [5, 5.41) is 0. The Bertz CT molecular complexity index is 1180. The Morgan fingerprint density at radius 1 is 1.23 bits per heavy atom. The van der Waals surface area contributed by atoms with Gasteiger partial charge in [-0.15, -0.1) is 0 Å². The Labute approximate surface area is 191 Å². The zero-order valence-electron chi connectivity index (χ0n) is 18.1. The van der Waals surface area contributed by atoms with Crippen LogP contribution in [0.2, 0.25) is 0 Å². The van der Waals surface area contributed by atoms with Crippen molar-refractivity contribution in [3.05, 3.63) is 16.7 Å². The molecule has 4 atom stereocenters. The van der Waals surface area contributed by atoms with E-state index in [-0.39, 0.29) is 11.9 Å². The SMILES string of the molecule is CCC(=O)O[C@H]1O[C@@H](n2c(=O)n(CCC(F)(F)C(F)(F)F)c3cnc(N)nc32)[C@H](OC(C)=O)[C@H]1F. The van der Waals surface area contributed by atoms with E-state index in [1.54, 1.807) is 0 Å². The molecule has 1 fully saturated rings. The predicted molar refractivity (Wildman–Crippen MR) is 103 cm³/mol. The van der Waals surface area contributed by atoms with Gasteiger partial charge in [0, 0.05) is 26.3 Å². The second-order valence-corrected chi connectivity index (χ2v) is 7.45. The minimum atomic E-state index is -5.87. The summed E-state index contributed by atoms with van der Waals surface area (Å²) >= 11 is 0. The van der Waals surface area contributed by atoms with Gasteiger partial charge in [-0.25, -0.2) is 18.7 Å². The van der Waals surface area contributed by atoms with E-state index < -0.39 is 79.1 Å². The number of fused-ring (bicyclic) bond motifs is 1. The zero-order chi connectivity index (χ0) is 26.3. The van der Waals surface area contributed by atoms with Crippen LogP contribution in [0.3, 0.4) is 0 Å². The van der Waals surface area contributed by atoms with Gasteiger partial charge in [0.05, 0.1) is 6.20 Å². The molecule has 2 aromatic rings. The lowest BCUT2D eigenvalue weighted by molar-refractivity contribution is -0.285. The first-order valence-corrected chi connectivity index (χ1v) is 10.0. The number of carbonyl (C=O) groups excluding carboxylic acids is 2. The summed E-state index contributed by atoms with van der Waals surface area (Å²) in [6, 6.07) is 0. The highest BCUT2D eigenvalue weighted by atomic mass is 19.4. The van der Waals surface area contributed by atoms with Gasteiger partial charge in [0.2, 0.25) is 18.4 Å². The Morgan fingerprint density at radius 3 is 2.46 bits per heavy atom. The maximum absolute atomic E-state index is 15.0. The summed E-state index contributed by atoms with van der Waals surface area (Å²) in [7, 11) is 0. The first kappa shape index (κ1) is 26.2. The van der Waals surface area contributed by atoms with Crippen molar-refractivity contribution in [1.29, 1.82) is 0 Å². The Balaban J connectivity index is 2.10. The molecule has 0 saturated carbocycles. The van der Waals surface area contributed by atoms with Crippen LogP contribution in [0.5, 0.6) is 0 Å². The van der Waals surface area contributed by atoms with Crippen LogP contribution in [0.15, 0.2) is 11.0 Å². The van der Waals surface area contributed by atoms with Gasteiger partial charge >= 0.3 is 29.7 Å². The normalized spacial score (nSPS) is 23.0. The third-order valence-electron chi connectivity index (χ3n) is 5.01. The Morgan fingerprint density at radius 2 is 1.89 bits per heavy atom. The monoisotopic (exact) mass is 515 g/mol. The van der Waals surface area contributed by atoms with Crippen LogP contribution >= 0.6 is 0 Å². The second kappa shape index (κ2) is 9.35. The lowest BCUT2D eigenvalue weighted by atomic mass is 10.2. The molecule has 35 heavy (non-hydrogen) atoms. The Hall–Kier alpha value is -3.37. The van der Waals surface area contributed by atoms with Gasteiger partial charge in [-0.1, -0.05) is 6.92 Å². The number of esters is 2. The van der Waals surface area contributed by atoms with Crippen molar-refractivity contribution < 1.29 is 50.1 Å². The van der Waals surface area contributed by atoms with Gasteiger partial charge in [-0.05, 0) is 0 Å². The van der Waals surface area contributed by atoms with Crippen LogP contribution in [0.25, 0.3) is 11.2 Å². The molecule has 0 aliphatic carbocycles. The molecule has 2 N–H and O–H groups in total. The number of hydrogen-bond acceptors (Lipinski definition) is 9. The van der Waals surface area contributed by atoms with E-state index in [0.29, 0.717) is 9.13 Å². The molecule has 0 radical (unpaired) electrons. The number of anilines is 1. The van der Waals surface area contributed by atoms with Crippen molar-refractivity contribution in [3.63, 3.8) is 0 Å². The summed E-state index contributed by atoms with van der Waals surface area (Å²) < 4.78 is 95.9. The summed E-state index contributed by atoms with van der Waals surface area (Å²) in [6.07, 6.45) is -14.9. The molecule has 0 amide bonds. The van der Waals surface area contributed by atoms with Gasteiger partial charge in [-0.3, -0.25) is 14.2 Å². The maximum atomic E-state index is 15.0. The van der Waals surface area contributed by atoms with Gasteiger partial charge in [0.15, 0.2) is 18.0 Å². The third kappa shape index (κ3) is 5.03.